The Morgan fingerprint density at radius 3 is 2.40 bits per heavy atom. The van der Waals surface area contributed by atoms with Gasteiger partial charge in [-0.05, 0) is 44.0 Å². The molecule has 2 rings (SSSR count). The molecule has 6 nitrogen and oxygen atoms in total. The molecule has 0 amide bonds. The lowest BCUT2D eigenvalue weighted by molar-refractivity contribution is 0.286. The molecule has 108 valence electrons. The van der Waals surface area contributed by atoms with Crippen molar-refractivity contribution < 1.29 is 13.2 Å². The first-order valence-corrected chi connectivity index (χ1v) is 9.08. The number of ether oxygens (including phenoxy) is 1. The van der Waals surface area contributed by atoms with Gasteiger partial charge in [0.2, 0.25) is 0 Å². The van der Waals surface area contributed by atoms with Crippen molar-refractivity contribution in [2.75, 3.05) is 0 Å². The van der Waals surface area contributed by atoms with E-state index in [0.717, 1.165) is 0 Å². The number of hydrogen-bond donors (Lipinski definition) is 0. The molecule has 20 heavy (non-hydrogen) atoms. The van der Waals surface area contributed by atoms with Gasteiger partial charge in [-0.15, -0.1) is 0 Å². The molecule has 10 heteroatoms. The summed E-state index contributed by atoms with van der Waals surface area (Å²) in [5.41, 5.74) is 0. The average molecular weight is 446 g/mol. The van der Waals surface area contributed by atoms with Crippen LogP contribution in [-0.2, 0) is 22.7 Å². The summed E-state index contributed by atoms with van der Waals surface area (Å²) in [4.78, 5) is 4.00. The average Bonchev–Trinajstić information content (AvgIpc) is 2.72. The van der Waals surface area contributed by atoms with Crippen molar-refractivity contribution in [2.45, 2.75) is 11.5 Å². The Hall–Kier alpha value is -0.640. The minimum atomic E-state index is -3.80. The van der Waals surface area contributed by atoms with E-state index in [9.17, 15) is 8.42 Å². The second kappa shape index (κ2) is 6.00. The maximum absolute atomic E-state index is 11.3. The highest BCUT2D eigenvalue weighted by atomic mass is 79.9. The number of aryl methyl sites for hydroxylation is 1. The van der Waals surface area contributed by atoms with Gasteiger partial charge in [0.05, 0.1) is 13.8 Å². The number of hydrogen-bond acceptors (Lipinski definition) is 5. The minimum Gasteiger partial charge on any atom is -0.483 e. The molecule has 0 aliphatic carbocycles. The monoisotopic (exact) mass is 443 g/mol. The Bertz CT molecular complexity index is 725. The van der Waals surface area contributed by atoms with Gasteiger partial charge in [0.25, 0.3) is 9.05 Å². The first-order valence-electron chi connectivity index (χ1n) is 5.18. The highest BCUT2D eigenvalue weighted by Gasteiger charge is 2.17. The molecule has 0 radical (unpaired) electrons. The topological polar surface area (TPSA) is 74.1 Å². The lowest BCUT2D eigenvalue weighted by Crippen LogP contribution is -2.05. The first kappa shape index (κ1) is 15.7. The molecule has 0 aliphatic heterocycles. The van der Waals surface area contributed by atoms with Gasteiger partial charge in [0.15, 0.2) is 5.82 Å². The molecule has 0 fully saturated rings. The Morgan fingerprint density at radius 1 is 1.35 bits per heavy atom. The van der Waals surface area contributed by atoms with Crippen molar-refractivity contribution in [1.82, 2.24) is 14.8 Å². The van der Waals surface area contributed by atoms with E-state index in [1.54, 1.807) is 11.7 Å². The van der Waals surface area contributed by atoms with Crippen molar-refractivity contribution in [3.63, 3.8) is 0 Å². The minimum absolute atomic E-state index is 0.0241. The quantitative estimate of drug-likeness (QED) is 0.677. The second-order valence-corrected chi connectivity index (χ2v) is 8.02. The molecule has 2 aromatic rings. The zero-order valence-corrected chi connectivity index (χ0v) is 14.8. The number of rotatable bonds is 4. The van der Waals surface area contributed by atoms with Crippen molar-refractivity contribution in [2.24, 2.45) is 7.05 Å². The van der Waals surface area contributed by atoms with Crippen LogP contribution in [-0.4, -0.2) is 23.2 Å². The van der Waals surface area contributed by atoms with E-state index in [2.05, 4.69) is 41.9 Å². The molecule has 0 bridgehead atoms. The smallest absolute Gasteiger partial charge is 0.261 e. The molecule has 1 aromatic heterocycles. The fourth-order valence-electron chi connectivity index (χ4n) is 1.40. The third-order valence-corrected chi connectivity index (χ3v) is 4.92. The molecule has 0 aliphatic rings. The van der Waals surface area contributed by atoms with E-state index in [0.29, 0.717) is 20.5 Å². The summed E-state index contributed by atoms with van der Waals surface area (Å²) in [6.07, 6.45) is 1.42. The van der Waals surface area contributed by atoms with E-state index < -0.39 is 9.05 Å². The fourth-order valence-corrected chi connectivity index (χ4v) is 3.91. The lowest BCUT2D eigenvalue weighted by Gasteiger charge is -2.11. The van der Waals surface area contributed by atoms with Gasteiger partial charge in [-0.3, -0.25) is 4.68 Å². The highest BCUT2D eigenvalue weighted by molar-refractivity contribution is 9.11. The van der Waals surface area contributed by atoms with Gasteiger partial charge in [-0.25, -0.2) is 13.4 Å². The van der Waals surface area contributed by atoms with Gasteiger partial charge in [0, 0.05) is 17.7 Å². The summed E-state index contributed by atoms with van der Waals surface area (Å²) in [5, 5.41) is 3.93. The third kappa shape index (κ3) is 3.51. The standard InChI is InChI=1S/C10H8Br2ClN3O3S/c1-16-9(14-5-15-16)4-19-10-7(11)2-6(3-8(10)12)20(13,17)18/h2-3,5H,4H2,1H3. The Kier molecular flexibility index (Phi) is 4.73. The SMILES string of the molecule is Cn1ncnc1COc1c(Br)cc(S(=O)(=O)Cl)cc1Br. The van der Waals surface area contributed by atoms with E-state index in [1.807, 2.05) is 0 Å². The molecule has 0 saturated carbocycles. The molecule has 0 atom stereocenters. The molecular weight excluding hydrogens is 437 g/mol. The van der Waals surface area contributed by atoms with Gasteiger partial charge >= 0.3 is 0 Å². The number of aromatic nitrogens is 3. The molecular formula is C10H8Br2ClN3O3S. The Balaban J connectivity index is 2.27. The van der Waals surface area contributed by atoms with E-state index >= 15 is 0 Å². The zero-order valence-electron chi connectivity index (χ0n) is 10.0. The van der Waals surface area contributed by atoms with Gasteiger partial charge in [-0.1, -0.05) is 0 Å². The van der Waals surface area contributed by atoms with Gasteiger partial charge in [-0.2, -0.15) is 5.10 Å². The lowest BCUT2D eigenvalue weighted by atomic mass is 10.3. The van der Waals surface area contributed by atoms with E-state index in [1.165, 1.54) is 18.5 Å². The maximum atomic E-state index is 11.3. The van der Waals surface area contributed by atoms with Crippen LogP contribution in [0, 0.1) is 0 Å². The molecule has 1 aromatic carbocycles. The fraction of sp³-hybridized carbons (Fsp3) is 0.200. The van der Waals surface area contributed by atoms with Crippen molar-refractivity contribution >= 4 is 51.6 Å². The van der Waals surface area contributed by atoms with Crippen LogP contribution in [0.1, 0.15) is 5.82 Å². The molecule has 0 N–H and O–H groups in total. The van der Waals surface area contributed by atoms with Crippen molar-refractivity contribution in [3.05, 3.63) is 33.2 Å². The predicted octanol–water partition coefficient (Wildman–Crippen LogP) is 2.85. The predicted molar refractivity (Wildman–Crippen MR) is 80.2 cm³/mol. The number of benzene rings is 1. The number of halogens is 3. The van der Waals surface area contributed by atoms with Crippen molar-refractivity contribution in [1.29, 1.82) is 0 Å². The summed E-state index contributed by atoms with van der Waals surface area (Å²) >= 11 is 6.50. The Labute approximate surface area is 136 Å². The summed E-state index contributed by atoms with van der Waals surface area (Å²) in [5.74, 6) is 1.09. The van der Waals surface area contributed by atoms with E-state index in [-0.39, 0.29) is 11.5 Å². The summed E-state index contributed by atoms with van der Waals surface area (Å²) in [7, 11) is 3.25. The first-order chi connectivity index (χ1) is 9.29. The zero-order chi connectivity index (χ0) is 14.9. The largest absolute Gasteiger partial charge is 0.483 e. The number of nitrogens with zero attached hydrogens (tertiary/aromatic N) is 3. The molecule has 0 spiro atoms. The summed E-state index contributed by atoms with van der Waals surface area (Å²) < 4.78 is 30.7. The third-order valence-electron chi connectivity index (χ3n) is 2.40. The van der Waals surface area contributed by atoms with Crippen LogP contribution >= 0.6 is 42.5 Å². The van der Waals surface area contributed by atoms with Crippen LogP contribution in [0.5, 0.6) is 5.75 Å². The van der Waals surface area contributed by atoms with Gasteiger partial charge in [0.1, 0.15) is 18.7 Å². The van der Waals surface area contributed by atoms with Crippen LogP contribution in [0.4, 0.5) is 0 Å². The Morgan fingerprint density at radius 2 is 1.95 bits per heavy atom. The van der Waals surface area contributed by atoms with Crippen molar-refractivity contribution in [3.8, 4) is 5.75 Å². The van der Waals surface area contributed by atoms with Crippen LogP contribution < -0.4 is 4.74 Å². The molecule has 0 unspecified atom stereocenters. The normalized spacial score (nSPS) is 11.6. The van der Waals surface area contributed by atoms with Crippen LogP contribution in [0.3, 0.4) is 0 Å². The summed E-state index contributed by atoms with van der Waals surface area (Å²) in [6.45, 7) is 0.195. The summed E-state index contributed by atoms with van der Waals surface area (Å²) in [6, 6.07) is 2.75. The highest BCUT2D eigenvalue weighted by Crippen LogP contribution is 2.37. The second-order valence-electron chi connectivity index (χ2n) is 3.74. The van der Waals surface area contributed by atoms with Crippen LogP contribution in [0.15, 0.2) is 32.3 Å². The van der Waals surface area contributed by atoms with Crippen LogP contribution in [0.2, 0.25) is 0 Å². The molecule has 0 saturated heterocycles. The van der Waals surface area contributed by atoms with E-state index in [4.69, 9.17) is 15.4 Å². The van der Waals surface area contributed by atoms with Gasteiger partial charge < -0.3 is 4.74 Å². The molecule has 1 heterocycles. The van der Waals surface area contributed by atoms with Crippen LogP contribution in [0.25, 0.3) is 0 Å². The maximum Gasteiger partial charge on any atom is 0.261 e.